The summed E-state index contributed by atoms with van der Waals surface area (Å²) in [5, 5.41) is 9.41. The van der Waals surface area contributed by atoms with Crippen LogP contribution in [-0.4, -0.2) is 61.4 Å². The summed E-state index contributed by atoms with van der Waals surface area (Å²) >= 11 is 0. The molecule has 0 fully saturated rings. The Bertz CT molecular complexity index is 542. The molecule has 0 aliphatic carbocycles. The van der Waals surface area contributed by atoms with E-state index in [2.05, 4.69) is 18.7 Å². The second-order valence-corrected chi connectivity index (χ2v) is 11.6. The normalized spacial score (nSPS) is 11.3. The monoisotopic (exact) mass is 570 g/mol. The van der Waals surface area contributed by atoms with Gasteiger partial charge in [-0.1, -0.05) is 117 Å². The number of unbranched alkanes of at least 4 members (excludes halogenated alkanes) is 18. The Labute approximate surface area is 248 Å². The molecule has 0 radical (unpaired) electrons. The van der Waals surface area contributed by atoms with Crippen LogP contribution in [0.1, 0.15) is 168 Å². The van der Waals surface area contributed by atoms with Crippen LogP contribution in [0.5, 0.6) is 0 Å². The Hall–Kier alpha value is -1.14. The predicted molar refractivity (Wildman–Crippen MR) is 168 cm³/mol. The van der Waals surface area contributed by atoms with Crippen molar-refractivity contribution in [2.24, 2.45) is 0 Å². The summed E-state index contributed by atoms with van der Waals surface area (Å²) in [5.74, 6) is -0.0726. The van der Waals surface area contributed by atoms with Crippen LogP contribution in [0.25, 0.3) is 0 Å². The number of carbonyl (C=O) groups excluding carboxylic acids is 2. The largest absolute Gasteiger partial charge is 0.466 e. The van der Waals surface area contributed by atoms with E-state index in [0.29, 0.717) is 26.1 Å². The third-order valence-corrected chi connectivity index (χ3v) is 7.65. The summed E-state index contributed by atoms with van der Waals surface area (Å²) in [5.41, 5.74) is 0. The van der Waals surface area contributed by atoms with Crippen molar-refractivity contribution in [1.29, 1.82) is 0 Å². The highest BCUT2D eigenvalue weighted by Gasteiger charge is 2.06. The molecule has 0 bridgehead atoms. The van der Waals surface area contributed by atoms with Gasteiger partial charge in [-0.25, -0.2) is 0 Å². The molecular formula is C34H67NO5. The molecule has 0 aromatic rings. The summed E-state index contributed by atoms with van der Waals surface area (Å²) < 4.78 is 10.7. The first-order chi connectivity index (χ1) is 19.6. The van der Waals surface area contributed by atoms with Crippen LogP contribution in [0.15, 0.2) is 0 Å². The van der Waals surface area contributed by atoms with E-state index in [9.17, 15) is 14.7 Å². The molecule has 0 rings (SSSR count). The van der Waals surface area contributed by atoms with Gasteiger partial charge in [-0.15, -0.1) is 0 Å². The second kappa shape index (κ2) is 32.4. The quantitative estimate of drug-likeness (QED) is 0.0644. The van der Waals surface area contributed by atoms with Gasteiger partial charge in [-0.05, 0) is 51.6 Å². The molecule has 0 aromatic carbocycles. The number of nitrogens with zero attached hydrogens (tertiary/aromatic N) is 1. The van der Waals surface area contributed by atoms with Crippen LogP contribution in [0, 0.1) is 0 Å². The van der Waals surface area contributed by atoms with Gasteiger partial charge in [0.25, 0.3) is 0 Å². The van der Waals surface area contributed by atoms with Gasteiger partial charge in [-0.2, -0.15) is 0 Å². The van der Waals surface area contributed by atoms with Crippen LogP contribution in [0.3, 0.4) is 0 Å². The van der Waals surface area contributed by atoms with Gasteiger partial charge in [0.15, 0.2) is 0 Å². The lowest BCUT2D eigenvalue weighted by Crippen LogP contribution is -2.29. The van der Waals surface area contributed by atoms with Crippen molar-refractivity contribution in [3.05, 3.63) is 0 Å². The van der Waals surface area contributed by atoms with Crippen LogP contribution < -0.4 is 0 Å². The fourth-order valence-electron chi connectivity index (χ4n) is 5.03. The molecule has 1 N–H and O–H groups in total. The molecule has 0 unspecified atom stereocenters. The lowest BCUT2D eigenvalue weighted by Gasteiger charge is -2.21. The zero-order chi connectivity index (χ0) is 29.4. The molecule has 0 saturated carbocycles. The first-order valence-corrected chi connectivity index (χ1v) is 17.3. The topological polar surface area (TPSA) is 76.1 Å². The molecule has 0 aliphatic heterocycles. The van der Waals surface area contributed by atoms with Gasteiger partial charge in [0.2, 0.25) is 0 Å². The maximum atomic E-state index is 11.9. The van der Waals surface area contributed by atoms with Gasteiger partial charge in [-0.3, -0.25) is 9.59 Å². The van der Waals surface area contributed by atoms with Crippen molar-refractivity contribution in [1.82, 2.24) is 4.90 Å². The second-order valence-electron chi connectivity index (χ2n) is 11.6. The minimum atomic E-state index is -0.0386. The van der Waals surface area contributed by atoms with Crippen molar-refractivity contribution in [2.45, 2.75) is 168 Å². The van der Waals surface area contributed by atoms with Crippen molar-refractivity contribution >= 4 is 11.9 Å². The van der Waals surface area contributed by atoms with E-state index >= 15 is 0 Å². The van der Waals surface area contributed by atoms with Gasteiger partial charge in [0, 0.05) is 19.4 Å². The summed E-state index contributed by atoms with van der Waals surface area (Å²) in [6, 6.07) is 0. The fourth-order valence-corrected chi connectivity index (χ4v) is 5.03. The number of hydrogen-bond acceptors (Lipinski definition) is 6. The molecular weight excluding hydrogens is 502 g/mol. The highest BCUT2D eigenvalue weighted by molar-refractivity contribution is 5.69. The fraction of sp³-hybridized carbons (Fsp3) is 0.941. The number of ether oxygens (including phenoxy) is 2. The SMILES string of the molecule is CCCCCCCCCOC(=O)CCCCCCCN(CCO)CCCCCCCC(=O)OCCCCCCC. The minimum absolute atomic E-state index is 0.0341. The van der Waals surface area contributed by atoms with Crippen LogP contribution in [-0.2, 0) is 19.1 Å². The molecule has 0 aliphatic rings. The molecule has 238 valence electrons. The average molecular weight is 570 g/mol. The van der Waals surface area contributed by atoms with Gasteiger partial charge < -0.3 is 19.5 Å². The van der Waals surface area contributed by atoms with E-state index in [1.807, 2.05) is 0 Å². The molecule has 0 heterocycles. The Balaban J connectivity index is 3.55. The zero-order valence-corrected chi connectivity index (χ0v) is 26.7. The van der Waals surface area contributed by atoms with E-state index in [-0.39, 0.29) is 18.5 Å². The number of carbonyl (C=O) groups is 2. The number of rotatable bonds is 32. The highest BCUT2D eigenvalue weighted by atomic mass is 16.5. The predicted octanol–water partition coefficient (Wildman–Crippen LogP) is 8.77. The Morgan fingerprint density at radius 1 is 0.475 bits per heavy atom. The minimum Gasteiger partial charge on any atom is -0.466 e. The Morgan fingerprint density at radius 2 is 0.825 bits per heavy atom. The van der Waals surface area contributed by atoms with E-state index in [1.165, 1.54) is 70.6 Å². The smallest absolute Gasteiger partial charge is 0.305 e. The highest BCUT2D eigenvalue weighted by Crippen LogP contribution is 2.11. The Morgan fingerprint density at radius 3 is 1.23 bits per heavy atom. The maximum Gasteiger partial charge on any atom is 0.305 e. The summed E-state index contributed by atoms with van der Waals surface area (Å²) in [4.78, 5) is 26.1. The summed E-state index contributed by atoms with van der Waals surface area (Å²) in [7, 11) is 0. The van der Waals surface area contributed by atoms with E-state index < -0.39 is 0 Å². The molecule has 0 amide bonds. The molecule has 6 nitrogen and oxygen atoms in total. The van der Waals surface area contributed by atoms with Gasteiger partial charge >= 0.3 is 11.9 Å². The summed E-state index contributed by atoms with van der Waals surface area (Å²) in [6.45, 7) is 8.63. The average Bonchev–Trinajstić information content (AvgIpc) is 2.95. The number of esters is 2. The Kier molecular flexibility index (Phi) is 31.5. The number of aliphatic hydroxyl groups is 1. The first-order valence-electron chi connectivity index (χ1n) is 17.3. The first kappa shape index (κ1) is 38.9. The molecule has 0 spiro atoms. The van der Waals surface area contributed by atoms with Crippen LogP contribution >= 0.6 is 0 Å². The van der Waals surface area contributed by atoms with Crippen molar-refractivity contribution < 1.29 is 24.2 Å². The summed E-state index contributed by atoms with van der Waals surface area (Å²) in [6.07, 6.45) is 26.6. The van der Waals surface area contributed by atoms with Gasteiger partial charge in [0.1, 0.15) is 0 Å². The van der Waals surface area contributed by atoms with E-state index in [4.69, 9.17) is 9.47 Å². The van der Waals surface area contributed by atoms with Crippen LogP contribution in [0.4, 0.5) is 0 Å². The zero-order valence-electron chi connectivity index (χ0n) is 26.7. The van der Waals surface area contributed by atoms with Gasteiger partial charge in [0.05, 0.1) is 19.8 Å². The molecule has 40 heavy (non-hydrogen) atoms. The molecule has 0 aromatic heterocycles. The lowest BCUT2D eigenvalue weighted by molar-refractivity contribution is -0.144. The lowest BCUT2D eigenvalue weighted by atomic mass is 10.1. The number of aliphatic hydroxyl groups excluding tert-OH is 1. The third-order valence-electron chi connectivity index (χ3n) is 7.65. The molecule has 6 heteroatoms. The van der Waals surface area contributed by atoms with Crippen molar-refractivity contribution in [3.63, 3.8) is 0 Å². The van der Waals surface area contributed by atoms with Crippen LogP contribution in [0.2, 0.25) is 0 Å². The van der Waals surface area contributed by atoms with E-state index in [0.717, 1.165) is 90.3 Å². The number of hydrogen-bond donors (Lipinski definition) is 1. The third kappa shape index (κ3) is 29.8. The standard InChI is InChI=1S/C34H67NO5/c1-3-5-7-9-10-18-24-32-40-34(38)26-20-14-12-16-22-28-35(29-30-36)27-21-15-11-13-19-25-33(37)39-31-23-17-8-6-4-2/h36H,3-32H2,1-2H3. The van der Waals surface area contributed by atoms with Crippen molar-refractivity contribution in [2.75, 3.05) is 39.5 Å². The van der Waals surface area contributed by atoms with Crippen molar-refractivity contribution in [3.8, 4) is 0 Å². The molecule has 0 saturated heterocycles. The maximum absolute atomic E-state index is 11.9. The van der Waals surface area contributed by atoms with E-state index in [1.54, 1.807) is 0 Å². The molecule has 0 atom stereocenters.